The van der Waals surface area contributed by atoms with Gasteiger partial charge in [0, 0.05) is 25.4 Å². The van der Waals surface area contributed by atoms with Crippen LogP contribution >= 0.6 is 0 Å². The summed E-state index contributed by atoms with van der Waals surface area (Å²) in [5.41, 5.74) is -0.369. The van der Waals surface area contributed by atoms with E-state index in [0.29, 0.717) is 37.9 Å². The highest BCUT2D eigenvalue weighted by molar-refractivity contribution is 6.05. The number of aliphatic hydroxyl groups excluding tert-OH is 1. The lowest BCUT2D eigenvalue weighted by Crippen LogP contribution is -2.56. The van der Waals surface area contributed by atoms with Crippen LogP contribution in [0.15, 0.2) is 55.1 Å². The quantitative estimate of drug-likeness (QED) is 0.302. The number of amides is 2. The van der Waals surface area contributed by atoms with Crippen LogP contribution in [0.25, 0.3) is 10.8 Å². The zero-order valence-corrected chi connectivity index (χ0v) is 21.2. The average molecular weight is 507 g/mol. The zero-order valence-electron chi connectivity index (χ0n) is 21.2. The third-order valence-corrected chi connectivity index (χ3v) is 8.02. The monoisotopic (exact) mass is 506 g/mol. The van der Waals surface area contributed by atoms with Crippen LogP contribution < -0.4 is 4.90 Å². The van der Waals surface area contributed by atoms with Crippen molar-refractivity contribution in [3.63, 3.8) is 0 Å². The number of likely N-dealkylation sites (tertiary alicyclic amines) is 1. The third kappa shape index (κ3) is 4.12. The summed E-state index contributed by atoms with van der Waals surface area (Å²) in [5.74, 6) is -2.40. The van der Waals surface area contributed by atoms with Gasteiger partial charge >= 0.3 is 5.97 Å². The fraction of sp³-hybridized carbons (Fsp3) is 0.483. The van der Waals surface area contributed by atoms with Crippen molar-refractivity contribution >= 4 is 34.2 Å². The fourth-order valence-electron chi connectivity index (χ4n) is 6.52. The first kappa shape index (κ1) is 25.4. The zero-order chi connectivity index (χ0) is 26.2. The number of rotatable bonds is 10. The number of carbonyl (C=O) groups is 3. The number of carbonyl (C=O) groups excluding carboxylic acids is 3. The molecule has 3 heterocycles. The van der Waals surface area contributed by atoms with Crippen LogP contribution in [0.2, 0.25) is 0 Å². The second-order valence-electron chi connectivity index (χ2n) is 10.0. The lowest BCUT2D eigenvalue weighted by Gasteiger charge is -2.36. The molecule has 3 saturated heterocycles. The van der Waals surface area contributed by atoms with Crippen molar-refractivity contribution in [2.75, 3.05) is 31.2 Å². The predicted molar refractivity (Wildman–Crippen MR) is 139 cm³/mol. The molecule has 0 aromatic heterocycles. The van der Waals surface area contributed by atoms with E-state index in [1.165, 1.54) is 0 Å². The van der Waals surface area contributed by atoms with Crippen LogP contribution in [0.3, 0.4) is 0 Å². The molecule has 0 radical (unpaired) electrons. The first-order valence-electron chi connectivity index (χ1n) is 13.1. The molecule has 0 saturated carbocycles. The lowest BCUT2D eigenvalue weighted by atomic mass is 9.70. The summed E-state index contributed by atoms with van der Waals surface area (Å²) in [6.07, 6.45) is 3.41. The molecule has 0 aliphatic carbocycles. The highest BCUT2D eigenvalue weighted by Gasteiger charge is 2.75. The highest BCUT2D eigenvalue weighted by Crippen LogP contribution is 2.59. The average Bonchev–Trinajstić information content (AvgIpc) is 3.54. The fourth-order valence-corrected chi connectivity index (χ4v) is 6.52. The molecule has 1 N–H and O–H groups in total. The van der Waals surface area contributed by atoms with Gasteiger partial charge in [-0.2, -0.15) is 0 Å². The number of hydrogen-bond acceptors (Lipinski definition) is 6. The van der Waals surface area contributed by atoms with Crippen LogP contribution in [0.5, 0.6) is 0 Å². The molecule has 5 rings (SSSR count). The maximum absolute atomic E-state index is 14.4. The molecule has 37 heavy (non-hydrogen) atoms. The van der Waals surface area contributed by atoms with Gasteiger partial charge in [0.05, 0.1) is 24.5 Å². The van der Waals surface area contributed by atoms with Gasteiger partial charge in [-0.3, -0.25) is 14.4 Å². The molecule has 8 nitrogen and oxygen atoms in total. The second kappa shape index (κ2) is 10.3. The Bertz CT molecular complexity index is 1210. The Hall–Kier alpha value is -3.23. The number of nitrogens with zero attached hydrogens (tertiary/aromatic N) is 2. The van der Waals surface area contributed by atoms with E-state index < -0.39 is 35.6 Å². The van der Waals surface area contributed by atoms with Crippen molar-refractivity contribution in [1.29, 1.82) is 0 Å². The third-order valence-electron chi connectivity index (χ3n) is 8.02. The van der Waals surface area contributed by atoms with Gasteiger partial charge in [-0.25, -0.2) is 0 Å². The number of aliphatic hydroxyl groups is 1. The van der Waals surface area contributed by atoms with E-state index in [0.717, 1.165) is 10.8 Å². The summed E-state index contributed by atoms with van der Waals surface area (Å²) in [6.45, 7) is 6.38. The summed E-state index contributed by atoms with van der Waals surface area (Å²) in [7, 11) is 0. The number of fused-ring (bicyclic) bond motifs is 2. The lowest BCUT2D eigenvalue weighted by molar-refractivity contribution is -0.154. The van der Waals surface area contributed by atoms with Crippen LogP contribution in [0.1, 0.15) is 32.6 Å². The van der Waals surface area contributed by atoms with Crippen molar-refractivity contribution in [2.24, 2.45) is 11.8 Å². The summed E-state index contributed by atoms with van der Waals surface area (Å²) in [5, 5.41) is 11.4. The number of unbranched alkanes of at least 4 members (excludes halogenated alkanes) is 1. The van der Waals surface area contributed by atoms with E-state index in [9.17, 15) is 19.5 Å². The molecule has 2 bridgehead atoms. The van der Waals surface area contributed by atoms with E-state index >= 15 is 0 Å². The van der Waals surface area contributed by atoms with E-state index in [4.69, 9.17) is 9.47 Å². The van der Waals surface area contributed by atoms with Crippen LogP contribution in [-0.4, -0.2) is 71.8 Å². The molecular weight excluding hydrogens is 472 g/mol. The largest absolute Gasteiger partial charge is 0.466 e. The smallest absolute Gasteiger partial charge is 0.312 e. The SMILES string of the molecule is C=CCN(C(=O)[C@H]1N(CCCCO)C(=O)[C@@H]2[C@@H](C(=O)OCC)[C@H]3CC[C@]21O3)c1ccc2ccccc2c1. The predicted octanol–water partition coefficient (Wildman–Crippen LogP) is 3.07. The van der Waals surface area contributed by atoms with Crippen LogP contribution in [-0.2, 0) is 23.9 Å². The van der Waals surface area contributed by atoms with E-state index in [1.807, 2.05) is 42.5 Å². The Morgan fingerprint density at radius 2 is 2.03 bits per heavy atom. The van der Waals surface area contributed by atoms with E-state index in [2.05, 4.69) is 6.58 Å². The molecular formula is C29H34N2O6. The molecule has 3 aliphatic heterocycles. The number of ether oxygens (including phenoxy) is 2. The van der Waals surface area contributed by atoms with Crippen molar-refractivity contribution in [1.82, 2.24) is 4.90 Å². The van der Waals surface area contributed by atoms with Crippen LogP contribution in [0, 0.1) is 11.8 Å². The summed E-state index contributed by atoms with van der Waals surface area (Å²) >= 11 is 0. The van der Waals surface area contributed by atoms with Gasteiger partial charge in [0.25, 0.3) is 5.91 Å². The molecule has 3 fully saturated rings. The van der Waals surface area contributed by atoms with Gasteiger partial charge in [0.2, 0.25) is 5.91 Å². The minimum Gasteiger partial charge on any atom is -0.466 e. The molecule has 0 unspecified atom stereocenters. The normalized spacial score (nSPS) is 27.9. The Kier molecular flexibility index (Phi) is 7.05. The van der Waals surface area contributed by atoms with Gasteiger partial charge in [-0.1, -0.05) is 36.4 Å². The molecule has 2 aromatic carbocycles. The molecule has 5 atom stereocenters. The van der Waals surface area contributed by atoms with Crippen molar-refractivity contribution in [3.8, 4) is 0 Å². The van der Waals surface area contributed by atoms with Crippen molar-refractivity contribution in [2.45, 2.75) is 50.4 Å². The summed E-state index contributed by atoms with van der Waals surface area (Å²) in [4.78, 5) is 44.5. The highest BCUT2D eigenvalue weighted by atomic mass is 16.6. The first-order valence-corrected chi connectivity index (χ1v) is 13.1. The van der Waals surface area contributed by atoms with E-state index in [1.54, 1.807) is 22.8 Å². The molecule has 1 spiro atoms. The molecule has 2 amide bonds. The number of anilines is 1. The topological polar surface area (TPSA) is 96.4 Å². The van der Waals surface area contributed by atoms with Crippen molar-refractivity contribution < 1.29 is 29.0 Å². The maximum Gasteiger partial charge on any atom is 0.312 e. The van der Waals surface area contributed by atoms with Gasteiger partial charge < -0.3 is 24.4 Å². The Labute approximate surface area is 216 Å². The Morgan fingerprint density at radius 3 is 2.76 bits per heavy atom. The Balaban J connectivity index is 1.55. The van der Waals surface area contributed by atoms with E-state index in [-0.39, 0.29) is 31.6 Å². The second-order valence-corrected chi connectivity index (χ2v) is 10.0. The molecule has 3 aliphatic rings. The first-order chi connectivity index (χ1) is 18.0. The minimum atomic E-state index is -1.08. The standard InChI is InChI=1S/C29H34N2O6/c1-3-15-30(21-12-11-19-9-5-6-10-20(19)18-21)27(34)25-29-14-13-22(37-29)23(28(35)36-4-2)24(29)26(33)31(25)16-7-8-17-32/h3,5-6,9-12,18,22-25,32H,1,4,7-8,13-17H2,2H3/t22-,23+,24+,25-,29+/m1/s1. The summed E-state index contributed by atoms with van der Waals surface area (Å²) < 4.78 is 11.8. The van der Waals surface area contributed by atoms with Crippen LogP contribution in [0.4, 0.5) is 5.69 Å². The number of esters is 1. The van der Waals surface area contributed by atoms with Gasteiger partial charge in [-0.05, 0) is 55.5 Å². The van der Waals surface area contributed by atoms with Crippen molar-refractivity contribution in [3.05, 3.63) is 55.1 Å². The Morgan fingerprint density at radius 1 is 1.24 bits per heavy atom. The van der Waals surface area contributed by atoms with Gasteiger partial charge in [-0.15, -0.1) is 6.58 Å². The molecule has 8 heteroatoms. The summed E-state index contributed by atoms with van der Waals surface area (Å²) in [6, 6.07) is 12.9. The maximum atomic E-state index is 14.4. The minimum absolute atomic E-state index is 0.00107. The number of hydrogen-bond donors (Lipinski definition) is 1. The molecule has 2 aromatic rings. The van der Waals surface area contributed by atoms with Gasteiger partial charge in [0.1, 0.15) is 11.6 Å². The molecule has 196 valence electrons. The number of benzene rings is 2. The van der Waals surface area contributed by atoms with Gasteiger partial charge in [0.15, 0.2) is 0 Å².